The summed E-state index contributed by atoms with van der Waals surface area (Å²) in [6.45, 7) is 0. The third-order valence-electron chi connectivity index (χ3n) is 6.50. The Hall–Kier alpha value is -4.72. The van der Waals surface area contributed by atoms with Crippen LogP contribution in [0.15, 0.2) is 95.7 Å². The minimum absolute atomic E-state index is 0.300. The van der Waals surface area contributed by atoms with Crippen molar-refractivity contribution in [1.82, 2.24) is 10.4 Å². The molecule has 1 amide bonds. The fourth-order valence-electron chi connectivity index (χ4n) is 4.95. The summed E-state index contributed by atoms with van der Waals surface area (Å²) in [6.07, 6.45) is 4.54. The number of amides is 1. The first-order valence-corrected chi connectivity index (χ1v) is 11.6. The van der Waals surface area contributed by atoms with Crippen molar-refractivity contribution in [3.8, 4) is 0 Å². The summed E-state index contributed by atoms with van der Waals surface area (Å²) in [4.78, 5) is 36.4. The summed E-state index contributed by atoms with van der Waals surface area (Å²) >= 11 is 0. The van der Waals surface area contributed by atoms with Gasteiger partial charge in [0.1, 0.15) is 6.04 Å². The highest BCUT2D eigenvalue weighted by Crippen LogP contribution is 2.44. The molecule has 0 saturated carbocycles. The van der Waals surface area contributed by atoms with Crippen LogP contribution in [0, 0.1) is 10.1 Å². The standard InChI is InChI=1S/C28H23N3O5/c32-27(21-14-8-16-23(31(35)36)24(21)28(33)34)30-26(19-11-5-2-6-12-19)22-15-7-13-20(25(22)29-30)17-18-9-3-1-4-10-18/h1-6,8-12,14,16-17,26,29H,7,13,15H2,(H,33,34)/p-1/b20-17+/t26-/m0/s1. The van der Waals surface area contributed by atoms with Gasteiger partial charge in [-0.1, -0.05) is 66.7 Å². The summed E-state index contributed by atoms with van der Waals surface area (Å²) in [7, 11) is 0. The predicted octanol–water partition coefficient (Wildman–Crippen LogP) is 4.18. The summed E-state index contributed by atoms with van der Waals surface area (Å²) in [6, 6.07) is 22.5. The lowest BCUT2D eigenvalue weighted by atomic mass is 9.85. The van der Waals surface area contributed by atoms with Crippen molar-refractivity contribution >= 4 is 23.6 Å². The first-order chi connectivity index (χ1) is 17.5. The van der Waals surface area contributed by atoms with E-state index in [1.54, 1.807) is 0 Å². The monoisotopic (exact) mass is 480 g/mol. The van der Waals surface area contributed by atoms with Crippen LogP contribution < -0.4 is 10.5 Å². The second-order valence-corrected chi connectivity index (χ2v) is 8.68. The molecule has 0 saturated heterocycles. The quantitative estimate of drug-likeness (QED) is 0.433. The number of hydrogen-bond donors (Lipinski definition) is 1. The Balaban J connectivity index is 1.62. The fourth-order valence-corrected chi connectivity index (χ4v) is 4.95. The molecule has 0 spiro atoms. The molecule has 5 rings (SSSR count). The topological polar surface area (TPSA) is 116 Å². The number of carboxylic acids is 1. The van der Waals surface area contributed by atoms with E-state index in [9.17, 15) is 24.8 Å². The molecule has 8 nitrogen and oxygen atoms in total. The molecule has 1 atom stereocenters. The van der Waals surface area contributed by atoms with Gasteiger partial charge in [-0.15, -0.1) is 0 Å². The van der Waals surface area contributed by atoms with Gasteiger partial charge < -0.3 is 9.90 Å². The Kier molecular flexibility index (Phi) is 6.08. The molecule has 1 aliphatic carbocycles. The number of nitro groups is 1. The van der Waals surface area contributed by atoms with Crippen molar-refractivity contribution in [1.29, 1.82) is 0 Å². The lowest BCUT2D eigenvalue weighted by molar-refractivity contribution is -0.385. The van der Waals surface area contributed by atoms with Gasteiger partial charge in [0.15, 0.2) is 0 Å². The van der Waals surface area contributed by atoms with Gasteiger partial charge in [-0.05, 0) is 53.7 Å². The lowest BCUT2D eigenvalue weighted by Gasteiger charge is -2.28. The number of benzene rings is 3. The van der Waals surface area contributed by atoms with Gasteiger partial charge in [-0.2, -0.15) is 0 Å². The van der Waals surface area contributed by atoms with E-state index < -0.39 is 34.1 Å². The van der Waals surface area contributed by atoms with Crippen molar-refractivity contribution < 1.29 is 19.6 Å². The van der Waals surface area contributed by atoms with Crippen LogP contribution in [-0.2, 0) is 0 Å². The van der Waals surface area contributed by atoms with E-state index in [2.05, 4.69) is 11.5 Å². The molecular formula is C28H22N3O5-. The van der Waals surface area contributed by atoms with Crippen molar-refractivity contribution in [2.45, 2.75) is 25.3 Å². The fraction of sp³-hybridized carbons (Fsp3) is 0.143. The Bertz CT molecular complexity index is 1410. The molecule has 0 aromatic heterocycles. The van der Waals surface area contributed by atoms with E-state index in [-0.39, 0.29) is 5.56 Å². The Morgan fingerprint density at radius 3 is 2.31 bits per heavy atom. The van der Waals surface area contributed by atoms with Crippen molar-refractivity contribution in [3.05, 3.63) is 128 Å². The SMILES string of the molecule is O=C([O-])c1c(C(=O)N2NC3=C(CCC/C3=C\c3ccccc3)[C@@H]2c2ccccc2)cccc1[N+](=O)[O-]. The van der Waals surface area contributed by atoms with Crippen LogP contribution in [0.2, 0.25) is 0 Å². The van der Waals surface area contributed by atoms with Crippen LogP contribution in [-0.4, -0.2) is 21.8 Å². The van der Waals surface area contributed by atoms with Crippen LogP contribution in [0.25, 0.3) is 6.08 Å². The number of nitrogens with zero attached hydrogens (tertiary/aromatic N) is 2. The van der Waals surface area contributed by atoms with E-state index >= 15 is 0 Å². The Morgan fingerprint density at radius 1 is 0.944 bits per heavy atom. The minimum atomic E-state index is -1.77. The molecule has 3 aromatic carbocycles. The van der Waals surface area contributed by atoms with E-state index in [4.69, 9.17) is 0 Å². The summed E-state index contributed by atoms with van der Waals surface area (Å²) in [5.41, 5.74) is 6.29. The van der Waals surface area contributed by atoms with Crippen LogP contribution >= 0.6 is 0 Å². The summed E-state index contributed by atoms with van der Waals surface area (Å²) < 4.78 is 0. The van der Waals surface area contributed by atoms with Gasteiger partial charge in [0, 0.05) is 6.07 Å². The zero-order chi connectivity index (χ0) is 25.2. The Labute approximate surface area is 207 Å². The molecular weight excluding hydrogens is 458 g/mol. The molecule has 1 N–H and O–H groups in total. The Morgan fingerprint density at radius 2 is 1.64 bits per heavy atom. The number of carboxylic acid groups (broad SMARTS) is 1. The first-order valence-electron chi connectivity index (χ1n) is 11.6. The first kappa shape index (κ1) is 23.0. The largest absolute Gasteiger partial charge is 0.545 e. The molecule has 0 unspecified atom stereocenters. The maximum atomic E-state index is 13.8. The maximum Gasteiger partial charge on any atom is 0.279 e. The average Bonchev–Trinajstić information content (AvgIpc) is 3.29. The summed E-state index contributed by atoms with van der Waals surface area (Å²) in [5, 5.41) is 24.8. The van der Waals surface area contributed by atoms with Crippen LogP contribution in [0.3, 0.4) is 0 Å². The number of hydrazine groups is 1. The number of carbonyl (C=O) groups is 2. The van der Waals surface area contributed by atoms with Crippen molar-refractivity contribution in [3.63, 3.8) is 0 Å². The van der Waals surface area contributed by atoms with Gasteiger partial charge in [0.2, 0.25) is 0 Å². The van der Waals surface area contributed by atoms with Crippen LogP contribution in [0.4, 0.5) is 5.69 Å². The molecule has 3 aromatic rings. The number of nitro benzene ring substituents is 1. The van der Waals surface area contributed by atoms with E-state index in [0.29, 0.717) is 0 Å². The third kappa shape index (κ3) is 4.13. The lowest BCUT2D eigenvalue weighted by Crippen LogP contribution is -2.41. The highest BCUT2D eigenvalue weighted by molar-refractivity contribution is 6.07. The smallest absolute Gasteiger partial charge is 0.279 e. The van der Waals surface area contributed by atoms with Crippen LogP contribution in [0.5, 0.6) is 0 Å². The second kappa shape index (κ2) is 9.50. The molecule has 0 fully saturated rings. The number of rotatable bonds is 5. The number of carbonyl (C=O) groups excluding carboxylic acids is 2. The normalized spacial score (nSPS) is 18.1. The second-order valence-electron chi connectivity index (χ2n) is 8.68. The molecule has 0 radical (unpaired) electrons. The molecule has 1 heterocycles. The van der Waals surface area contributed by atoms with Gasteiger partial charge in [-0.25, -0.2) is 5.01 Å². The zero-order valence-corrected chi connectivity index (χ0v) is 19.2. The minimum Gasteiger partial charge on any atom is -0.545 e. The van der Waals surface area contributed by atoms with E-state index in [0.717, 1.165) is 53.3 Å². The number of allylic oxidation sites excluding steroid dienone is 1. The molecule has 2 aliphatic rings. The van der Waals surface area contributed by atoms with Gasteiger partial charge >= 0.3 is 0 Å². The van der Waals surface area contributed by atoms with Gasteiger partial charge in [0.05, 0.1) is 27.7 Å². The molecule has 1 aliphatic heterocycles. The highest BCUT2D eigenvalue weighted by atomic mass is 16.6. The van der Waals surface area contributed by atoms with Crippen LogP contribution in [0.1, 0.15) is 57.1 Å². The zero-order valence-electron chi connectivity index (χ0n) is 19.2. The van der Waals surface area contributed by atoms with E-state index in [1.165, 1.54) is 17.1 Å². The molecule has 36 heavy (non-hydrogen) atoms. The number of nitrogens with one attached hydrogen (secondary N) is 1. The highest BCUT2D eigenvalue weighted by Gasteiger charge is 2.40. The number of aromatic carboxylic acids is 1. The number of hydrogen-bond acceptors (Lipinski definition) is 6. The van der Waals surface area contributed by atoms with Crippen molar-refractivity contribution in [2.75, 3.05) is 0 Å². The summed E-state index contributed by atoms with van der Waals surface area (Å²) in [5.74, 6) is -2.45. The van der Waals surface area contributed by atoms with Crippen molar-refractivity contribution in [2.24, 2.45) is 0 Å². The molecule has 180 valence electrons. The third-order valence-corrected chi connectivity index (χ3v) is 6.50. The predicted molar refractivity (Wildman–Crippen MR) is 131 cm³/mol. The van der Waals surface area contributed by atoms with E-state index in [1.807, 2.05) is 60.7 Å². The van der Waals surface area contributed by atoms with Gasteiger partial charge in [0.25, 0.3) is 11.6 Å². The molecule has 0 bridgehead atoms. The molecule has 8 heteroatoms. The van der Waals surface area contributed by atoms with Gasteiger partial charge in [-0.3, -0.25) is 20.3 Å². The maximum absolute atomic E-state index is 13.8. The average molecular weight is 481 g/mol.